The van der Waals surface area contributed by atoms with Gasteiger partial charge < -0.3 is 24.8 Å². The molecule has 3 aromatic rings. The molecule has 13 heteroatoms. The number of rotatable bonds is 5. The van der Waals surface area contributed by atoms with E-state index in [1.165, 1.54) is 6.20 Å². The fourth-order valence-electron chi connectivity index (χ4n) is 4.16. The molecule has 1 aliphatic heterocycles. The summed E-state index contributed by atoms with van der Waals surface area (Å²) < 4.78 is 6.88. The van der Waals surface area contributed by atoms with Crippen LogP contribution in [0.15, 0.2) is 30.5 Å². The first kappa shape index (κ1) is 28.7. The first-order chi connectivity index (χ1) is 18.4. The monoisotopic (exact) mass is 592 g/mol. The van der Waals surface area contributed by atoms with Crippen LogP contribution in [-0.2, 0) is 29.5 Å². The second kappa shape index (κ2) is 11.4. The van der Waals surface area contributed by atoms with Gasteiger partial charge in [0.2, 0.25) is 5.91 Å². The molecule has 1 aliphatic rings. The van der Waals surface area contributed by atoms with E-state index in [0.717, 1.165) is 5.69 Å². The summed E-state index contributed by atoms with van der Waals surface area (Å²) in [4.78, 5) is 47.8. The van der Waals surface area contributed by atoms with Crippen LogP contribution in [-0.4, -0.2) is 56.0 Å². The Morgan fingerprint density at radius 3 is 2.51 bits per heavy atom. The molecule has 2 aromatic heterocycles. The van der Waals surface area contributed by atoms with Gasteiger partial charge in [0.05, 0.1) is 28.0 Å². The number of alkyl carbamates (subject to hydrolysis) is 1. The summed E-state index contributed by atoms with van der Waals surface area (Å²) in [7, 11) is 1.75. The van der Waals surface area contributed by atoms with Gasteiger partial charge >= 0.3 is 6.09 Å². The van der Waals surface area contributed by atoms with E-state index in [1.54, 1.807) is 61.6 Å². The van der Waals surface area contributed by atoms with Crippen LogP contribution < -0.4 is 10.6 Å². The van der Waals surface area contributed by atoms with Crippen LogP contribution in [0.2, 0.25) is 15.2 Å². The quantitative estimate of drug-likeness (QED) is 0.397. The van der Waals surface area contributed by atoms with Crippen LogP contribution in [0.1, 0.15) is 42.8 Å². The van der Waals surface area contributed by atoms with Crippen LogP contribution in [0.3, 0.4) is 0 Å². The number of imidazole rings is 1. The second-order valence-corrected chi connectivity index (χ2v) is 11.0. The molecule has 0 atom stereocenters. The molecule has 0 unspecified atom stereocenters. The molecule has 206 valence electrons. The summed E-state index contributed by atoms with van der Waals surface area (Å²) in [5.41, 5.74) is 2.32. The lowest BCUT2D eigenvalue weighted by molar-refractivity contribution is -0.131. The summed E-state index contributed by atoms with van der Waals surface area (Å²) in [5.74, 6) is -0.566. The molecule has 3 heterocycles. The zero-order valence-electron chi connectivity index (χ0n) is 21.8. The molecular weight excluding hydrogens is 567 g/mol. The molecule has 2 N–H and O–H groups in total. The maximum Gasteiger partial charge on any atom is 0.408 e. The molecule has 10 nitrogen and oxygen atoms in total. The van der Waals surface area contributed by atoms with Gasteiger partial charge in [-0.2, -0.15) is 0 Å². The number of hydrogen-bond acceptors (Lipinski definition) is 6. The Morgan fingerprint density at radius 1 is 1.08 bits per heavy atom. The highest BCUT2D eigenvalue weighted by atomic mass is 35.5. The normalized spacial score (nSPS) is 13.1. The topological polar surface area (TPSA) is 118 Å². The standard InChI is InChI=1S/C26H27Cl3N6O4/c1-26(2,3)39-25(38)31-12-19(36)35-11-9-18-17(13-35)32-23(34(18)4)24(37)33-16-7-5-6-14(20(16)27)15-8-10-30-22(29)21(15)28/h5-8,10H,9,11-13H2,1-4H3,(H,31,38)(H,33,37). The number of hydrogen-bond donors (Lipinski definition) is 2. The number of halogens is 3. The number of anilines is 1. The predicted molar refractivity (Wildman–Crippen MR) is 149 cm³/mol. The predicted octanol–water partition coefficient (Wildman–Crippen LogP) is 5.10. The molecule has 0 radical (unpaired) electrons. The highest BCUT2D eigenvalue weighted by molar-refractivity contribution is 6.44. The van der Waals surface area contributed by atoms with Crippen molar-refractivity contribution >= 4 is 58.4 Å². The van der Waals surface area contributed by atoms with Crippen molar-refractivity contribution in [3.63, 3.8) is 0 Å². The largest absolute Gasteiger partial charge is 0.444 e. The fourth-order valence-corrected chi connectivity index (χ4v) is 4.81. The SMILES string of the molecule is Cn1c(C(=O)Nc2cccc(-c3ccnc(Cl)c3Cl)c2Cl)nc2c1CCN(C(=O)CNC(=O)OC(C)(C)C)C2. The zero-order valence-corrected chi connectivity index (χ0v) is 24.0. The lowest BCUT2D eigenvalue weighted by Gasteiger charge is -2.27. The number of carbonyl (C=O) groups is 3. The number of nitrogens with zero attached hydrogens (tertiary/aromatic N) is 4. The van der Waals surface area contributed by atoms with Gasteiger partial charge in [-0.15, -0.1) is 0 Å². The van der Waals surface area contributed by atoms with Crippen molar-refractivity contribution in [3.8, 4) is 11.1 Å². The molecule has 0 spiro atoms. The van der Waals surface area contributed by atoms with Crippen molar-refractivity contribution in [3.05, 3.63) is 62.9 Å². The Kier molecular flexibility index (Phi) is 8.39. The van der Waals surface area contributed by atoms with Gasteiger partial charge in [-0.25, -0.2) is 14.8 Å². The van der Waals surface area contributed by atoms with E-state index < -0.39 is 17.6 Å². The molecule has 3 amide bonds. The van der Waals surface area contributed by atoms with E-state index in [1.807, 2.05) is 0 Å². The number of fused-ring (bicyclic) bond motifs is 1. The lowest BCUT2D eigenvalue weighted by Crippen LogP contribution is -2.43. The van der Waals surface area contributed by atoms with E-state index in [-0.39, 0.29) is 40.0 Å². The Bertz CT molecular complexity index is 1450. The maximum atomic E-state index is 13.2. The molecule has 0 saturated carbocycles. The summed E-state index contributed by atoms with van der Waals surface area (Å²) in [5, 5.41) is 5.97. The third-order valence-corrected chi connectivity index (χ3v) is 7.15. The smallest absolute Gasteiger partial charge is 0.408 e. The third-order valence-electron chi connectivity index (χ3n) is 5.98. The van der Waals surface area contributed by atoms with Crippen molar-refractivity contribution in [1.29, 1.82) is 0 Å². The van der Waals surface area contributed by atoms with Crippen molar-refractivity contribution in [1.82, 2.24) is 24.8 Å². The summed E-state index contributed by atoms with van der Waals surface area (Å²) in [6, 6.07) is 6.85. The minimum atomic E-state index is -0.664. The number of pyridine rings is 1. The van der Waals surface area contributed by atoms with E-state index in [0.29, 0.717) is 35.5 Å². The molecule has 1 aromatic carbocycles. The number of benzene rings is 1. The van der Waals surface area contributed by atoms with Crippen LogP contribution >= 0.6 is 34.8 Å². The highest BCUT2D eigenvalue weighted by Gasteiger charge is 2.28. The Morgan fingerprint density at radius 2 is 1.79 bits per heavy atom. The number of amides is 3. The number of aromatic nitrogens is 3. The summed E-state index contributed by atoms with van der Waals surface area (Å²) >= 11 is 19.0. The average molecular weight is 594 g/mol. The van der Waals surface area contributed by atoms with Gasteiger partial charge in [0.25, 0.3) is 5.91 Å². The molecular formula is C26H27Cl3N6O4. The van der Waals surface area contributed by atoms with Crippen LogP contribution in [0.5, 0.6) is 0 Å². The van der Waals surface area contributed by atoms with Crippen LogP contribution in [0.4, 0.5) is 10.5 Å². The van der Waals surface area contributed by atoms with E-state index in [2.05, 4.69) is 20.6 Å². The Labute approximate surface area is 240 Å². The average Bonchev–Trinajstić information content (AvgIpc) is 3.20. The van der Waals surface area contributed by atoms with Gasteiger partial charge in [0.15, 0.2) is 5.82 Å². The van der Waals surface area contributed by atoms with Gasteiger partial charge in [0, 0.05) is 43.0 Å². The van der Waals surface area contributed by atoms with Gasteiger partial charge in [-0.05, 0) is 32.9 Å². The number of carbonyl (C=O) groups excluding carboxylic acids is 3. The van der Waals surface area contributed by atoms with Gasteiger partial charge in [-0.3, -0.25) is 9.59 Å². The fraction of sp³-hybridized carbons (Fsp3) is 0.346. The molecule has 0 saturated heterocycles. The van der Waals surface area contributed by atoms with Crippen LogP contribution in [0, 0.1) is 0 Å². The zero-order chi connectivity index (χ0) is 28.5. The van der Waals surface area contributed by atoms with E-state index in [4.69, 9.17) is 39.5 Å². The lowest BCUT2D eigenvalue weighted by atomic mass is 10.1. The number of nitrogens with one attached hydrogen (secondary N) is 2. The van der Waals surface area contributed by atoms with Gasteiger partial charge in [-0.1, -0.05) is 46.9 Å². The Balaban J connectivity index is 1.47. The minimum absolute atomic E-state index is 0.145. The first-order valence-corrected chi connectivity index (χ1v) is 13.2. The molecule has 39 heavy (non-hydrogen) atoms. The second-order valence-electron chi connectivity index (χ2n) is 9.89. The maximum absolute atomic E-state index is 13.2. The third kappa shape index (κ3) is 6.46. The Hall–Kier alpha value is -3.34. The van der Waals surface area contributed by atoms with E-state index >= 15 is 0 Å². The molecule has 0 fully saturated rings. The van der Waals surface area contributed by atoms with Crippen molar-refractivity contribution in [2.24, 2.45) is 7.05 Å². The van der Waals surface area contributed by atoms with Gasteiger partial charge in [0.1, 0.15) is 17.3 Å². The summed E-state index contributed by atoms with van der Waals surface area (Å²) in [6.45, 7) is 5.66. The summed E-state index contributed by atoms with van der Waals surface area (Å²) in [6.07, 6.45) is 1.36. The first-order valence-electron chi connectivity index (χ1n) is 12.0. The molecule has 0 aliphatic carbocycles. The minimum Gasteiger partial charge on any atom is -0.444 e. The van der Waals surface area contributed by atoms with Crippen LogP contribution in [0.25, 0.3) is 11.1 Å². The molecule has 0 bridgehead atoms. The van der Waals surface area contributed by atoms with E-state index in [9.17, 15) is 14.4 Å². The van der Waals surface area contributed by atoms with Crippen molar-refractivity contribution < 1.29 is 19.1 Å². The van der Waals surface area contributed by atoms with Crippen molar-refractivity contribution in [2.75, 3.05) is 18.4 Å². The van der Waals surface area contributed by atoms with Crippen molar-refractivity contribution in [2.45, 2.75) is 39.3 Å². The highest BCUT2D eigenvalue weighted by Crippen LogP contribution is 2.39. The molecule has 4 rings (SSSR count). The number of ether oxygens (including phenoxy) is 1.